The third-order valence-electron chi connectivity index (χ3n) is 1.97. The van der Waals surface area contributed by atoms with Crippen LogP contribution in [0, 0.1) is 6.92 Å². The minimum Gasteiger partial charge on any atom is -0.476 e. The molecule has 0 unspecified atom stereocenters. The number of hydrogen-bond acceptors (Lipinski definition) is 6. The quantitative estimate of drug-likeness (QED) is 0.856. The highest BCUT2D eigenvalue weighted by molar-refractivity contribution is 7.09. The average Bonchev–Trinajstić information content (AvgIpc) is 2.73. The Morgan fingerprint density at radius 1 is 1.47 bits per heavy atom. The van der Waals surface area contributed by atoms with E-state index in [9.17, 15) is 4.79 Å². The number of hydrogen-bond donors (Lipinski definition) is 2. The normalized spacial score (nSPS) is 10.2. The summed E-state index contributed by atoms with van der Waals surface area (Å²) in [5, 5.41) is 14.6. The van der Waals surface area contributed by atoms with Gasteiger partial charge < -0.3 is 10.4 Å². The van der Waals surface area contributed by atoms with Gasteiger partial charge in [-0.15, -0.1) is 11.3 Å². The Bertz CT molecular complexity index is 541. The summed E-state index contributed by atoms with van der Waals surface area (Å²) in [6, 6.07) is 0. The van der Waals surface area contributed by atoms with Crippen LogP contribution >= 0.6 is 11.3 Å². The molecule has 7 heteroatoms. The first-order chi connectivity index (χ1) is 8.16. The molecule has 0 saturated heterocycles. The molecule has 0 amide bonds. The fourth-order valence-corrected chi connectivity index (χ4v) is 1.98. The van der Waals surface area contributed by atoms with Gasteiger partial charge in [-0.3, -0.25) is 0 Å². The molecule has 0 aliphatic heterocycles. The number of carboxylic acid groups (broad SMARTS) is 1. The van der Waals surface area contributed by atoms with E-state index in [-0.39, 0.29) is 11.5 Å². The van der Waals surface area contributed by atoms with Crippen LogP contribution in [0.1, 0.15) is 21.2 Å². The Hall–Kier alpha value is -2.02. The molecule has 0 bridgehead atoms. The summed E-state index contributed by atoms with van der Waals surface area (Å²) in [6.45, 7) is 2.35. The minimum absolute atomic E-state index is 0.0826. The molecule has 0 fully saturated rings. The lowest BCUT2D eigenvalue weighted by atomic mass is 10.4. The smallest absolute Gasteiger partial charge is 0.358 e. The van der Waals surface area contributed by atoms with E-state index in [2.05, 4.69) is 20.3 Å². The third-order valence-corrected chi connectivity index (χ3v) is 2.94. The van der Waals surface area contributed by atoms with E-state index in [1.165, 1.54) is 23.7 Å². The van der Waals surface area contributed by atoms with Gasteiger partial charge in [0.25, 0.3) is 0 Å². The zero-order chi connectivity index (χ0) is 12.3. The molecule has 2 aromatic heterocycles. The lowest BCUT2D eigenvalue weighted by Crippen LogP contribution is -2.09. The fourth-order valence-electron chi connectivity index (χ4n) is 1.27. The Labute approximate surface area is 101 Å². The van der Waals surface area contributed by atoms with Gasteiger partial charge in [-0.1, -0.05) is 0 Å². The van der Waals surface area contributed by atoms with E-state index in [0.717, 1.165) is 10.7 Å². The largest absolute Gasteiger partial charge is 0.476 e. The molecule has 6 nitrogen and oxygen atoms in total. The number of nitrogens with zero attached hydrogens (tertiary/aromatic N) is 3. The summed E-state index contributed by atoms with van der Waals surface area (Å²) in [5.41, 5.74) is 0.866. The van der Waals surface area contributed by atoms with Crippen molar-refractivity contribution >= 4 is 23.1 Å². The molecule has 2 aromatic rings. The number of carbonyl (C=O) groups is 1. The lowest BCUT2D eigenvalue weighted by molar-refractivity contribution is 0.0691. The molecule has 17 heavy (non-hydrogen) atoms. The summed E-state index contributed by atoms with van der Waals surface area (Å²) in [7, 11) is 0. The van der Waals surface area contributed by atoms with Crippen LogP contribution in [0.3, 0.4) is 0 Å². The molecule has 2 N–H and O–H groups in total. The SMILES string of the molecule is Cc1csc(CNc2nccnc2C(=O)O)n1. The van der Waals surface area contributed by atoms with Gasteiger partial charge >= 0.3 is 5.97 Å². The van der Waals surface area contributed by atoms with Crippen molar-refractivity contribution in [3.8, 4) is 0 Å². The molecular formula is C10H10N4O2S. The van der Waals surface area contributed by atoms with Crippen molar-refractivity contribution in [2.45, 2.75) is 13.5 Å². The van der Waals surface area contributed by atoms with Gasteiger partial charge in [0.1, 0.15) is 5.01 Å². The Morgan fingerprint density at radius 3 is 2.88 bits per heavy atom. The molecule has 0 aromatic carbocycles. The number of aromatic carboxylic acids is 1. The van der Waals surface area contributed by atoms with E-state index < -0.39 is 5.97 Å². The van der Waals surface area contributed by atoms with Crippen molar-refractivity contribution in [3.63, 3.8) is 0 Å². The molecule has 2 heterocycles. The van der Waals surface area contributed by atoms with Crippen LogP contribution in [0.5, 0.6) is 0 Å². The first kappa shape index (κ1) is 11.5. The van der Waals surface area contributed by atoms with Gasteiger partial charge in [-0.25, -0.2) is 19.7 Å². The highest BCUT2D eigenvalue weighted by Crippen LogP contribution is 2.13. The van der Waals surface area contributed by atoms with E-state index in [0.29, 0.717) is 6.54 Å². The number of nitrogens with one attached hydrogen (secondary N) is 1. The monoisotopic (exact) mass is 250 g/mol. The molecule has 0 aliphatic rings. The van der Waals surface area contributed by atoms with E-state index in [1.807, 2.05) is 12.3 Å². The van der Waals surface area contributed by atoms with Gasteiger partial charge in [0.2, 0.25) is 0 Å². The molecule has 0 saturated carbocycles. The lowest BCUT2D eigenvalue weighted by Gasteiger charge is -2.05. The second-order valence-electron chi connectivity index (χ2n) is 3.29. The van der Waals surface area contributed by atoms with Gasteiger partial charge in [0, 0.05) is 23.5 Å². The second-order valence-corrected chi connectivity index (χ2v) is 4.24. The van der Waals surface area contributed by atoms with Crippen LogP contribution in [0.4, 0.5) is 5.82 Å². The van der Waals surface area contributed by atoms with Crippen LogP contribution in [0.15, 0.2) is 17.8 Å². The maximum atomic E-state index is 10.9. The first-order valence-corrected chi connectivity index (χ1v) is 5.74. The molecule has 0 aliphatic carbocycles. The van der Waals surface area contributed by atoms with Gasteiger partial charge in [0.15, 0.2) is 11.5 Å². The van der Waals surface area contributed by atoms with Crippen molar-refractivity contribution in [2.75, 3.05) is 5.32 Å². The van der Waals surface area contributed by atoms with Crippen LogP contribution in [-0.2, 0) is 6.54 Å². The Morgan fingerprint density at radius 2 is 2.24 bits per heavy atom. The van der Waals surface area contributed by atoms with E-state index in [1.54, 1.807) is 0 Å². The Balaban J connectivity index is 2.11. The molecule has 0 atom stereocenters. The summed E-state index contributed by atoms with van der Waals surface area (Å²) < 4.78 is 0. The summed E-state index contributed by atoms with van der Waals surface area (Å²) >= 11 is 1.51. The van der Waals surface area contributed by atoms with Crippen LogP contribution in [0.2, 0.25) is 0 Å². The molecule has 2 rings (SSSR count). The molecule has 0 radical (unpaired) electrons. The number of aryl methyl sites for hydroxylation is 1. The maximum absolute atomic E-state index is 10.9. The van der Waals surface area contributed by atoms with E-state index in [4.69, 9.17) is 5.11 Å². The predicted molar refractivity (Wildman–Crippen MR) is 63.2 cm³/mol. The predicted octanol–water partition coefficient (Wildman–Crippen LogP) is 1.55. The minimum atomic E-state index is -1.10. The van der Waals surface area contributed by atoms with Gasteiger partial charge in [0.05, 0.1) is 6.54 Å². The fraction of sp³-hybridized carbons (Fsp3) is 0.200. The van der Waals surface area contributed by atoms with E-state index >= 15 is 0 Å². The molecule has 0 spiro atoms. The summed E-state index contributed by atoms with van der Waals surface area (Å²) in [5.74, 6) is -0.844. The number of thiazole rings is 1. The Kier molecular flexibility index (Phi) is 3.29. The first-order valence-electron chi connectivity index (χ1n) is 4.86. The molecular weight excluding hydrogens is 240 g/mol. The average molecular weight is 250 g/mol. The highest BCUT2D eigenvalue weighted by Gasteiger charge is 2.12. The maximum Gasteiger partial charge on any atom is 0.358 e. The third kappa shape index (κ3) is 2.76. The van der Waals surface area contributed by atoms with Crippen LogP contribution < -0.4 is 5.32 Å². The van der Waals surface area contributed by atoms with Crippen LogP contribution in [0.25, 0.3) is 0 Å². The van der Waals surface area contributed by atoms with Crippen molar-refractivity contribution in [1.29, 1.82) is 0 Å². The topological polar surface area (TPSA) is 88.0 Å². The second kappa shape index (κ2) is 4.88. The number of rotatable bonds is 4. The summed E-state index contributed by atoms with van der Waals surface area (Å²) in [6.07, 6.45) is 2.80. The van der Waals surface area contributed by atoms with Crippen molar-refractivity contribution < 1.29 is 9.90 Å². The van der Waals surface area contributed by atoms with Gasteiger partial charge in [-0.2, -0.15) is 0 Å². The molecule has 88 valence electrons. The zero-order valence-corrected chi connectivity index (χ0v) is 9.86. The van der Waals surface area contributed by atoms with Crippen molar-refractivity contribution in [2.24, 2.45) is 0 Å². The number of carboxylic acids is 1. The van der Waals surface area contributed by atoms with Crippen molar-refractivity contribution in [3.05, 3.63) is 34.2 Å². The number of aromatic nitrogens is 3. The highest BCUT2D eigenvalue weighted by atomic mass is 32.1. The number of anilines is 1. The van der Waals surface area contributed by atoms with Gasteiger partial charge in [-0.05, 0) is 6.92 Å². The summed E-state index contributed by atoms with van der Waals surface area (Å²) in [4.78, 5) is 22.8. The van der Waals surface area contributed by atoms with Crippen LogP contribution in [-0.4, -0.2) is 26.0 Å². The standard InChI is InChI=1S/C10H10N4O2S/c1-6-5-17-7(14-6)4-13-9-8(10(15)16)11-2-3-12-9/h2-3,5H,4H2,1H3,(H,12,13)(H,15,16). The van der Waals surface area contributed by atoms with Crippen molar-refractivity contribution in [1.82, 2.24) is 15.0 Å². The zero-order valence-electron chi connectivity index (χ0n) is 9.04.